The van der Waals surface area contributed by atoms with E-state index in [-0.39, 0.29) is 24.3 Å². The molecule has 7 nitrogen and oxygen atoms in total. The van der Waals surface area contributed by atoms with Gasteiger partial charge in [-0.05, 0) is 24.6 Å². The maximum atomic E-state index is 12.8. The molecule has 3 rings (SSSR count). The number of nitrogens with one attached hydrogen (secondary N) is 1. The highest BCUT2D eigenvalue weighted by atomic mass is 16.5. The first-order valence-corrected chi connectivity index (χ1v) is 9.57. The van der Waals surface area contributed by atoms with Crippen LogP contribution in [0.3, 0.4) is 0 Å². The molecule has 1 atom stereocenters. The zero-order chi connectivity index (χ0) is 20.1. The minimum absolute atomic E-state index is 0.0200. The van der Waals surface area contributed by atoms with Crippen molar-refractivity contribution >= 4 is 11.8 Å². The predicted molar refractivity (Wildman–Crippen MR) is 105 cm³/mol. The van der Waals surface area contributed by atoms with Gasteiger partial charge >= 0.3 is 0 Å². The number of methoxy groups -OCH3 is 1. The number of rotatable bonds is 8. The van der Waals surface area contributed by atoms with Crippen molar-refractivity contribution in [3.05, 3.63) is 53.0 Å². The van der Waals surface area contributed by atoms with Crippen molar-refractivity contribution in [2.45, 2.75) is 39.8 Å². The number of hydrogen-bond acceptors (Lipinski definition) is 5. The number of carbonyl (C=O) groups is 2. The lowest BCUT2D eigenvalue weighted by Crippen LogP contribution is -2.28. The van der Waals surface area contributed by atoms with Crippen LogP contribution >= 0.6 is 0 Å². The Hall–Kier alpha value is -2.96. The fourth-order valence-electron chi connectivity index (χ4n) is 3.12. The Morgan fingerprint density at radius 3 is 2.89 bits per heavy atom. The van der Waals surface area contributed by atoms with Crippen LogP contribution in [-0.2, 0) is 24.3 Å². The second-order valence-corrected chi connectivity index (χ2v) is 6.98. The molecule has 0 bridgehead atoms. The Bertz CT molecular complexity index is 854. The van der Waals surface area contributed by atoms with Gasteiger partial charge in [0.2, 0.25) is 11.8 Å². The smallest absolute Gasteiger partial charge is 0.256 e. The van der Waals surface area contributed by atoms with Crippen molar-refractivity contribution in [1.29, 1.82) is 0 Å². The Morgan fingerprint density at radius 2 is 2.21 bits per heavy atom. The molecule has 1 aliphatic rings. The fraction of sp³-hybridized carbons (Fsp3) is 0.429. The van der Waals surface area contributed by atoms with E-state index in [0.29, 0.717) is 42.2 Å². The van der Waals surface area contributed by atoms with Gasteiger partial charge in [-0.2, -0.15) is 0 Å². The van der Waals surface area contributed by atoms with E-state index in [1.807, 2.05) is 32.0 Å². The molecular weight excluding hydrogens is 356 g/mol. The van der Waals surface area contributed by atoms with Gasteiger partial charge in [-0.3, -0.25) is 14.6 Å². The van der Waals surface area contributed by atoms with Gasteiger partial charge < -0.3 is 15.0 Å². The summed E-state index contributed by atoms with van der Waals surface area (Å²) in [7, 11) is 1.55. The summed E-state index contributed by atoms with van der Waals surface area (Å²) in [5.41, 5.74) is 2.94. The minimum atomic E-state index is -0.0582. The molecule has 0 unspecified atom stereocenters. The van der Waals surface area contributed by atoms with Gasteiger partial charge in [-0.15, -0.1) is 0 Å². The average molecular weight is 382 g/mol. The molecule has 0 fully saturated rings. The molecule has 3 heterocycles. The van der Waals surface area contributed by atoms with Crippen LogP contribution in [0.15, 0.2) is 30.5 Å². The Morgan fingerprint density at radius 1 is 1.39 bits per heavy atom. The zero-order valence-electron chi connectivity index (χ0n) is 16.6. The molecule has 7 heteroatoms. The van der Waals surface area contributed by atoms with E-state index in [1.54, 1.807) is 24.3 Å². The first kappa shape index (κ1) is 19.8. The first-order chi connectivity index (χ1) is 13.5. The van der Waals surface area contributed by atoms with Crippen LogP contribution in [0, 0.1) is 5.92 Å². The number of amides is 2. The number of carbonyl (C=O) groups excluding carboxylic acids is 2. The standard InChI is InChI=1S/C21H26N4O3/c1-4-14(2)19(26)23-12-15-11-17-18(24-20(15)28-3)13-25(21(17)27)10-8-16-7-5-6-9-22-16/h5-7,9,11,14H,4,8,10,12-13H2,1-3H3,(H,23,26)/t14-/m1/s1. The highest BCUT2D eigenvalue weighted by molar-refractivity contribution is 5.98. The number of aromatic nitrogens is 2. The van der Waals surface area contributed by atoms with Gasteiger partial charge in [0.15, 0.2) is 0 Å². The van der Waals surface area contributed by atoms with Crippen LogP contribution in [0.4, 0.5) is 0 Å². The van der Waals surface area contributed by atoms with Crippen LogP contribution in [0.2, 0.25) is 0 Å². The normalized spacial score (nSPS) is 14.0. The van der Waals surface area contributed by atoms with Crippen molar-refractivity contribution in [1.82, 2.24) is 20.2 Å². The first-order valence-electron chi connectivity index (χ1n) is 9.57. The molecule has 0 aromatic carbocycles. The van der Waals surface area contributed by atoms with Gasteiger partial charge in [0, 0.05) is 42.9 Å². The summed E-state index contributed by atoms with van der Waals surface area (Å²) < 4.78 is 5.39. The quantitative estimate of drug-likeness (QED) is 0.758. The van der Waals surface area contributed by atoms with Gasteiger partial charge in [-0.1, -0.05) is 19.9 Å². The molecule has 0 saturated heterocycles. The summed E-state index contributed by atoms with van der Waals surface area (Å²) >= 11 is 0. The minimum Gasteiger partial charge on any atom is -0.481 e. The van der Waals surface area contributed by atoms with Gasteiger partial charge in [0.1, 0.15) is 0 Å². The van der Waals surface area contributed by atoms with E-state index >= 15 is 0 Å². The number of nitrogens with zero attached hydrogens (tertiary/aromatic N) is 3. The molecule has 1 N–H and O–H groups in total. The van der Waals surface area contributed by atoms with E-state index in [4.69, 9.17) is 4.74 Å². The van der Waals surface area contributed by atoms with Crippen molar-refractivity contribution < 1.29 is 14.3 Å². The van der Waals surface area contributed by atoms with Crippen molar-refractivity contribution in [3.8, 4) is 5.88 Å². The summed E-state index contributed by atoms with van der Waals surface area (Å²) in [6.45, 7) is 5.18. The van der Waals surface area contributed by atoms with E-state index < -0.39 is 0 Å². The molecule has 2 aromatic rings. The molecule has 0 radical (unpaired) electrons. The molecule has 2 aromatic heterocycles. The summed E-state index contributed by atoms with van der Waals surface area (Å²) in [5.74, 6) is 0.323. The molecule has 2 amide bonds. The molecule has 28 heavy (non-hydrogen) atoms. The summed E-state index contributed by atoms with van der Waals surface area (Å²) in [6, 6.07) is 7.56. The summed E-state index contributed by atoms with van der Waals surface area (Å²) in [4.78, 5) is 35.5. The van der Waals surface area contributed by atoms with E-state index in [9.17, 15) is 9.59 Å². The SMILES string of the molecule is CC[C@@H](C)C(=O)NCc1cc2c(nc1OC)CN(CCc1ccccn1)C2=O. The summed E-state index contributed by atoms with van der Waals surface area (Å²) in [5, 5.41) is 2.90. The van der Waals surface area contributed by atoms with Crippen LogP contribution in [-0.4, -0.2) is 40.3 Å². The van der Waals surface area contributed by atoms with Crippen LogP contribution < -0.4 is 10.1 Å². The monoisotopic (exact) mass is 382 g/mol. The van der Waals surface area contributed by atoms with Crippen molar-refractivity contribution in [2.75, 3.05) is 13.7 Å². The molecule has 0 aliphatic carbocycles. The lowest BCUT2D eigenvalue weighted by Gasteiger charge is -2.14. The topological polar surface area (TPSA) is 84.4 Å². The van der Waals surface area contributed by atoms with Crippen molar-refractivity contribution in [3.63, 3.8) is 0 Å². The average Bonchev–Trinajstić information content (AvgIpc) is 3.04. The van der Waals surface area contributed by atoms with E-state index in [0.717, 1.165) is 12.1 Å². The highest BCUT2D eigenvalue weighted by Gasteiger charge is 2.30. The lowest BCUT2D eigenvalue weighted by atomic mass is 10.1. The predicted octanol–water partition coefficient (Wildman–Crippen LogP) is 2.35. The molecular formula is C21H26N4O3. The van der Waals surface area contributed by atoms with Crippen LogP contribution in [0.1, 0.15) is 47.6 Å². The second-order valence-electron chi connectivity index (χ2n) is 6.98. The van der Waals surface area contributed by atoms with Gasteiger partial charge in [0.05, 0.1) is 24.9 Å². The number of hydrogen-bond donors (Lipinski definition) is 1. The maximum Gasteiger partial charge on any atom is 0.256 e. The third kappa shape index (κ3) is 4.30. The van der Waals surface area contributed by atoms with Crippen molar-refractivity contribution in [2.24, 2.45) is 5.92 Å². The third-order valence-electron chi connectivity index (χ3n) is 5.07. The number of pyridine rings is 2. The van der Waals surface area contributed by atoms with Gasteiger partial charge in [-0.25, -0.2) is 4.98 Å². The summed E-state index contributed by atoms with van der Waals surface area (Å²) in [6.07, 6.45) is 3.22. The van der Waals surface area contributed by atoms with Gasteiger partial charge in [0.25, 0.3) is 5.91 Å². The van der Waals surface area contributed by atoms with E-state index in [1.165, 1.54) is 0 Å². The Kier molecular flexibility index (Phi) is 6.23. The maximum absolute atomic E-state index is 12.8. The van der Waals surface area contributed by atoms with Crippen LogP contribution in [0.5, 0.6) is 5.88 Å². The molecule has 148 valence electrons. The Labute approximate surface area is 165 Å². The fourth-order valence-corrected chi connectivity index (χ4v) is 3.12. The highest BCUT2D eigenvalue weighted by Crippen LogP contribution is 2.27. The zero-order valence-corrected chi connectivity index (χ0v) is 16.6. The number of ether oxygens (including phenoxy) is 1. The molecule has 0 spiro atoms. The lowest BCUT2D eigenvalue weighted by molar-refractivity contribution is -0.124. The molecule has 0 saturated carbocycles. The Balaban J connectivity index is 1.71. The number of fused-ring (bicyclic) bond motifs is 1. The third-order valence-corrected chi connectivity index (χ3v) is 5.07. The molecule has 1 aliphatic heterocycles. The largest absolute Gasteiger partial charge is 0.481 e. The second kappa shape index (κ2) is 8.82. The van der Waals surface area contributed by atoms with E-state index in [2.05, 4.69) is 15.3 Å². The van der Waals surface area contributed by atoms with Crippen LogP contribution in [0.25, 0.3) is 0 Å².